The minimum Gasteiger partial charge on any atom is -0.324 e. The summed E-state index contributed by atoms with van der Waals surface area (Å²) >= 11 is 17.8. The van der Waals surface area contributed by atoms with Crippen molar-refractivity contribution >= 4 is 47.2 Å². The van der Waals surface area contributed by atoms with E-state index in [0.717, 1.165) is 18.4 Å². The van der Waals surface area contributed by atoms with Crippen LogP contribution in [0, 0.1) is 0 Å². The van der Waals surface area contributed by atoms with Gasteiger partial charge in [-0.05, 0) is 30.5 Å². The number of rotatable bonds is 4. The van der Waals surface area contributed by atoms with Crippen LogP contribution in [0.2, 0.25) is 15.1 Å². The van der Waals surface area contributed by atoms with Crippen LogP contribution in [0.5, 0.6) is 0 Å². The molecule has 0 aliphatic rings. The third-order valence-electron chi connectivity index (χ3n) is 2.10. The minimum atomic E-state index is -0.160. The molecule has 0 saturated heterocycles. The van der Waals surface area contributed by atoms with Gasteiger partial charge in [-0.1, -0.05) is 40.9 Å². The molecule has 2 N–H and O–H groups in total. The van der Waals surface area contributed by atoms with Crippen LogP contribution in [0.3, 0.4) is 0 Å². The van der Waals surface area contributed by atoms with Crippen molar-refractivity contribution in [1.29, 1.82) is 0 Å². The summed E-state index contributed by atoms with van der Waals surface area (Å²) in [5, 5.41) is 1.47. The van der Waals surface area contributed by atoms with Gasteiger partial charge in [0.1, 0.15) is 0 Å². The smallest absolute Gasteiger partial charge is 0.0641 e. The van der Waals surface area contributed by atoms with Gasteiger partial charge in [-0.2, -0.15) is 0 Å². The third-order valence-corrected chi connectivity index (χ3v) is 3.14. The SMILES string of the molecule is C=CCC[C@@H](N)c1cc(Cl)cc(Cl)c1Cl.Cl. The van der Waals surface area contributed by atoms with E-state index in [1.165, 1.54) is 0 Å². The predicted octanol–water partition coefficient (Wildman–Crippen LogP) is 5.03. The topological polar surface area (TPSA) is 26.0 Å². The molecule has 1 atom stereocenters. The molecule has 16 heavy (non-hydrogen) atoms. The molecule has 0 aliphatic carbocycles. The van der Waals surface area contributed by atoms with Crippen LogP contribution in [0.4, 0.5) is 0 Å². The molecule has 0 radical (unpaired) electrons. The highest BCUT2D eigenvalue weighted by Crippen LogP contribution is 2.33. The van der Waals surface area contributed by atoms with Gasteiger partial charge >= 0.3 is 0 Å². The summed E-state index contributed by atoms with van der Waals surface area (Å²) in [6.45, 7) is 3.64. The van der Waals surface area contributed by atoms with Crippen LogP contribution in [-0.2, 0) is 0 Å². The van der Waals surface area contributed by atoms with E-state index in [0.29, 0.717) is 15.1 Å². The van der Waals surface area contributed by atoms with Crippen LogP contribution in [0.15, 0.2) is 24.8 Å². The Morgan fingerprint density at radius 3 is 2.50 bits per heavy atom. The Kier molecular flexibility index (Phi) is 7.45. The Hall–Kier alpha value is 0.0800. The van der Waals surface area contributed by atoms with Gasteiger partial charge in [0.15, 0.2) is 0 Å². The number of benzene rings is 1. The van der Waals surface area contributed by atoms with E-state index in [2.05, 4.69) is 6.58 Å². The number of allylic oxidation sites excluding steroid dienone is 1. The Morgan fingerprint density at radius 1 is 1.31 bits per heavy atom. The van der Waals surface area contributed by atoms with E-state index in [9.17, 15) is 0 Å². The van der Waals surface area contributed by atoms with Crippen molar-refractivity contribution in [2.75, 3.05) is 0 Å². The monoisotopic (exact) mass is 299 g/mol. The highest BCUT2D eigenvalue weighted by molar-refractivity contribution is 6.43. The van der Waals surface area contributed by atoms with Gasteiger partial charge in [0, 0.05) is 11.1 Å². The summed E-state index contributed by atoms with van der Waals surface area (Å²) in [5.74, 6) is 0. The number of nitrogens with two attached hydrogens (primary N) is 1. The molecular weight excluding hydrogens is 288 g/mol. The van der Waals surface area contributed by atoms with Gasteiger partial charge in [0.25, 0.3) is 0 Å². The standard InChI is InChI=1S/C11H12Cl3N.ClH/c1-2-3-4-10(15)8-5-7(12)6-9(13)11(8)14;/h2,5-6,10H,1,3-4,15H2;1H/t10-;/m1./s1. The van der Waals surface area contributed by atoms with Gasteiger partial charge in [-0.25, -0.2) is 0 Å². The first-order valence-electron chi connectivity index (χ1n) is 4.57. The Labute approximate surface area is 117 Å². The molecule has 1 nitrogen and oxygen atoms in total. The van der Waals surface area contributed by atoms with Crippen molar-refractivity contribution in [3.63, 3.8) is 0 Å². The molecule has 0 saturated carbocycles. The molecule has 0 aliphatic heterocycles. The van der Waals surface area contributed by atoms with Crippen LogP contribution in [0.25, 0.3) is 0 Å². The third kappa shape index (κ3) is 4.15. The lowest BCUT2D eigenvalue weighted by Crippen LogP contribution is -2.10. The van der Waals surface area contributed by atoms with Crippen molar-refractivity contribution in [1.82, 2.24) is 0 Å². The highest BCUT2D eigenvalue weighted by Gasteiger charge is 2.13. The molecule has 1 aromatic rings. The molecule has 0 aromatic heterocycles. The normalized spacial score (nSPS) is 11.8. The second-order valence-electron chi connectivity index (χ2n) is 3.26. The first kappa shape index (κ1) is 16.1. The zero-order chi connectivity index (χ0) is 11.4. The van der Waals surface area contributed by atoms with E-state index >= 15 is 0 Å². The summed E-state index contributed by atoms with van der Waals surface area (Å²) in [6.07, 6.45) is 3.43. The fraction of sp³-hybridized carbons (Fsp3) is 0.273. The average Bonchev–Trinajstić information content (AvgIpc) is 2.19. The van der Waals surface area contributed by atoms with Gasteiger partial charge in [-0.3, -0.25) is 0 Å². The molecule has 90 valence electrons. The first-order valence-corrected chi connectivity index (χ1v) is 5.70. The van der Waals surface area contributed by atoms with E-state index in [1.54, 1.807) is 12.1 Å². The summed E-state index contributed by atoms with van der Waals surface area (Å²) in [7, 11) is 0. The van der Waals surface area contributed by atoms with Crippen molar-refractivity contribution < 1.29 is 0 Å². The fourth-order valence-corrected chi connectivity index (χ4v) is 2.06. The van der Waals surface area contributed by atoms with Crippen molar-refractivity contribution in [2.24, 2.45) is 5.73 Å². The lowest BCUT2D eigenvalue weighted by atomic mass is 10.0. The van der Waals surface area contributed by atoms with Crippen LogP contribution < -0.4 is 5.73 Å². The highest BCUT2D eigenvalue weighted by atomic mass is 35.5. The molecule has 0 unspecified atom stereocenters. The lowest BCUT2D eigenvalue weighted by molar-refractivity contribution is 0.662. The molecule has 1 aromatic carbocycles. The van der Waals surface area contributed by atoms with Gasteiger partial charge in [-0.15, -0.1) is 19.0 Å². The maximum absolute atomic E-state index is 6.04. The Bertz CT molecular complexity index is 365. The van der Waals surface area contributed by atoms with Gasteiger partial charge in [0.2, 0.25) is 0 Å². The molecule has 0 fully saturated rings. The first-order chi connectivity index (χ1) is 7.06. The van der Waals surface area contributed by atoms with E-state index in [1.807, 2.05) is 6.08 Å². The molecule has 5 heteroatoms. The van der Waals surface area contributed by atoms with Crippen LogP contribution >= 0.6 is 47.2 Å². The second-order valence-corrected chi connectivity index (χ2v) is 4.48. The zero-order valence-electron chi connectivity index (χ0n) is 8.55. The largest absolute Gasteiger partial charge is 0.324 e. The Balaban J connectivity index is 0.00000225. The summed E-state index contributed by atoms with van der Waals surface area (Å²) < 4.78 is 0. The van der Waals surface area contributed by atoms with Crippen molar-refractivity contribution in [2.45, 2.75) is 18.9 Å². The molecule has 0 heterocycles. The van der Waals surface area contributed by atoms with E-state index in [-0.39, 0.29) is 18.4 Å². The van der Waals surface area contributed by atoms with Crippen LogP contribution in [0.1, 0.15) is 24.4 Å². The average molecular weight is 301 g/mol. The number of halogens is 4. The lowest BCUT2D eigenvalue weighted by Gasteiger charge is -2.14. The van der Waals surface area contributed by atoms with Crippen molar-refractivity contribution in [3.05, 3.63) is 45.4 Å². The molecule has 0 amide bonds. The number of hydrogen-bond acceptors (Lipinski definition) is 1. The maximum atomic E-state index is 6.04. The van der Waals surface area contributed by atoms with Gasteiger partial charge < -0.3 is 5.73 Å². The summed E-state index contributed by atoms with van der Waals surface area (Å²) in [5.41, 5.74) is 6.76. The van der Waals surface area contributed by atoms with Crippen molar-refractivity contribution in [3.8, 4) is 0 Å². The maximum Gasteiger partial charge on any atom is 0.0641 e. The van der Waals surface area contributed by atoms with Gasteiger partial charge in [0.05, 0.1) is 10.0 Å². The minimum absolute atomic E-state index is 0. The predicted molar refractivity (Wildman–Crippen MR) is 75.1 cm³/mol. The molecular formula is C11H13Cl4N. The molecule has 0 spiro atoms. The quantitative estimate of drug-likeness (QED) is 0.612. The second kappa shape index (κ2) is 7.41. The van der Waals surface area contributed by atoms with Crippen LogP contribution in [-0.4, -0.2) is 0 Å². The fourth-order valence-electron chi connectivity index (χ4n) is 1.30. The molecule has 0 bridgehead atoms. The Morgan fingerprint density at radius 2 is 1.94 bits per heavy atom. The summed E-state index contributed by atoms with van der Waals surface area (Å²) in [6, 6.07) is 3.20. The number of hydrogen-bond donors (Lipinski definition) is 1. The summed E-state index contributed by atoms with van der Waals surface area (Å²) in [4.78, 5) is 0. The van der Waals surface area contributed by atoms with E-state index in [4.69, 9.17) is 40.5 Å². The molecule has 1 rings (SSSR count). The van der Waals surface area contributed by atoms with E-state index < -0.39 is 0 Å². The zero-order valence-corrected chi connectivity index (χ0v) is 11.6.